The Balaban J connectivity index is 2.46. The quantitative estimate of drug-likeness (QED) is 0.676. The van der Waals surface area contributed by atoms with Gasteiger partial charge in [0.1, 0.15) is 6.04 Å². The Morgan fingerprint density at radius 2 is 2.19 bits per heavy atom. The maximum Gasteiger partial charge on any atom is 0.323 e. The van der Waals surface area contributed by atoms with Crippen molar-refractivity contribution in [2.24, 2.45) is 5.92 Å². The first-order chi connectivity index (χ1) is 7.65. The second-order valence-electron chi connectivity index (χ2n) is 4.98. The number of carbonyl (C=O) groups is 1. The molecule has 0 aromatic carbocycles. The SMILES string of the molecule is CCOC(=O)C1CCCCN1CCC(C)C. The summed E-state index contributed by atoms with van der Waals surface area (Å²) in [6.45, 7) is 8.90. The molecule has 1 rings (SSSR count). The van der Waals surface area contributed by atoms with Crippen molar-refractivity contribution in [3.05, 3.63) is 0 Å². The van der Waals surface area contributed by atoms with Crippen molar-refractivity contribution in [3.8, 4) is 0 Å². The summed E-state index contributed by atoms with van der Waals surface area (Å²) in [7, 11) is 0. The molecule has 3 heteroatoms. The molecule has 0 radical (unpaired) electrons. The van der Waals surface area contributed by atoms with E-state index in [1.807, 2.05) is 6.92 Å². The molecule has 0 saturated carbocycles. The molecule has 0 aliphatic carbocycles. The molecular weight excluding hydrogens is 202 g/mol. The molecule has 1 aliphatic rings. The van der Waals surface area contributed by atoms with Crippen molar-refractivity contribution in [1.82, 2.24) is 4.90 Å². The minimum atomic E-state index is -0.0223. The maximum atomic E-state index is 11.8. The Labute approximate surface area is 99.1 Å². The summed E-state index contributed by atoms with van der Waals surface area (Å²) in [6, 6.07) is 0.0208. The summed E-state index contributed by atoms with van der Waals surface area (Å²) < 4.78 is 5.14. The van der Waals surface area contributed by atoms with E-state index in [-0.39, 0.29) is 12.0 Å². The highest BCUT2D eigenvalue weighted by atomic mass is 16.5. The lowest BCUT2D eigenvalue weighted by molar-refractivity contribution is -0.151. The Bertz CT molecular complexity index is 216. The fourth-order valence-corrected chi connectivity index (χ4v) is 2.19. The van der Waals surface area contributed by atoms with Gasteiger partial charge in [0.25, 0.3) is 0 Å². The van der Waals surface area contributed by atoms with Crippen molar-refractivity contribution in [3.63, 3.8) is 0 Å². The molecule has 0 bridgehead atoms. The highest BCUT2D eigenvalue weighted by Gasteiger charge is 2.29. The zero-order valence-corrected chi connectivity index (χ0v) is 10.9. The lowest BCUT2D eigenvalue weighted by atomic mass is 10.0. The van der Waals surface area contributed by atoms with E-state index in [0.29, 0.717) is 12.5 Å². The van der Waals surface area contributed by atoms with Crippen LogP contribution >= 0.6 is 0 Å². The van der Waals surface area contributed by atoms with E-state index in [4.69, 9.17) is 4.74 Å². The predicted molar refractivity (Wildman–Crippen MR) is 65.3 cm³/mol. The van der Waals surface area contributed by atoms with Crippen LogP contribution < -0.4 is 0 Å². The van der Waals surface area contributed by atoms with Gasteiger partial charge in [-0.05, 0) is 45.2 Å². The fourth-order valence-electron chi connectivity index (χ4n) is 2.19. The summed E-state index contributed by atoms with van der Waals surface area (Å²) in [4.78, 5) is 14.1. The fraction of sp³-hybridized carbons (Fsp3) is 0.923. The number of piperidine rings is 1. The Kier molecular flexibility index (Phi) is 5.81. The standard InChI is InChI=1S/C13H25NO2/c1-4-16-13(15)12-7-5-6-9-14(12)10-8-11(2)3/h11-12H,4-10H2,1-3H3. The van der Waals surface area contributed by atoms with Gasteiger partial charge in [-0.15, -0.1) is 0 Å². The second kappa shape index (κ2) is 6.89. The number of esters is 1. The number of likely N-dealkylation sites (tertiary alicyclic amines) is 1. The van der Waals surface area contributed by atoms with Gasteiger partial charge in [0.2, 0.25) is 0 Å². The zero-order chi connectivity index (χ0) is 12.0. The van der Waals surface area contributed by atoms with Crippen LogP contribution in [0.2, 0.25) is 0 Å². The van der Waals surface area contributed by atoms with Crippen LogP contribution in [0.5, 0.6) is 0 Å². The summed E-state index contributed by atoms with van der Waals surface area (Å²) in [5.74, 6) is 0.677. The van der Waals surface area contributed by atoms with E-state index in [2.05, 4.69) is 18.7 Å². The van der Waals surface area contributed by atoms with Crippen LogP contribution in [0.1, 0.15) is 46.5 Å². The molecule has 16 heavy (non-hydrogen) atoms. The predicted octanol–water partition coefficient (Wildman–Crippen LogP) is 2.45. The number of hydrogen-bond acceptors (Lipinski definition) is 3. The summed E-state index contributed by atoms with van der Waals surface area (Å²) in [6.07, 6.45) is 4.50. The van der Waals surface area contributed by atoms with Gasteiger partial charge in [-0.25, -0.2) is 0 Å². The third-order valence-corrected chi connectivity index (χ3v) is 3.17. The minimum absolute atomic E-state index is 0.0208. The van der Waals surface area contributed by atoms with Crippen LogP contribution in [-0.2, 0) is 9.53 Å². The summed E-state index contributed by atoms with van der Waals surface area (Å²) in [5.41, 5.74) is 0. The topological polar surface area (TPSA) is 29.5 Å². The van der Waals surface area contributed by atoms with Crippen LogP contribution in [0.25, 0.3) is 0 Å². The Morgan fingerprint density at radius 1 is 1.44 bits per heavy atom. The smallest absolute Gasteiger partial charge is 0.323 e. The van der Waals surface area contributed by atoms with Gasteiger partial charge >= 0.3 is 5.97 Å². The van der Waals surface area contributed by atoms with Crippen LogP contribution in [0.4, 0.5) is 0 Å². The molecule has 0 aromatic heterocycles. The first-order valence-corrected chi connectivity index (χ1v) is 6.55. The third-order valence-electron chi connectivity index (χ3n) is 3.17. The normalized spacial score (nSPS) is 22.4. The number of carbonyl (C=O) groups excluding carboxylic acids is 1. The monoisotopic (exact) mass is 227 g/mol. The van der Waals surface area contributed by atoms with Crippen molar-refractivity contribution >= 4 is 5.97 Å². The molecule has 1 aliphatic heterocycles. The van der Waals surface area contributed by atoms with Crippen molar-refractivity contribution in [2.75, 3.05) is 19.7 Å². The molecule has 0 amide bonds. The lowest BCUT2D eigenvalue weighted by Crippen LogP contribution is -2.46. The molecule has 1 unspecified atom stereocenters. The molecule has 0 aromatic rings. The average Bonchev–Trinajstić information content (AvgIpc) is 2.27. The second-order valence-corrected chi connectivity index (χ2v) is 4.98. The van der Waals surface area contributed by atoms with E-state index >= 15 is 0 Å². The summed E-state index contributed by atoms with van der Waals surface area (Å²) >= 11 is 0. The van der Waals surface area contributed by atoms with Gasteiger partial charge in [0.15, 0.2) is 0 Å². The van der Waals surface area contributed by atoms with E-state index in [0.717, 1.165) is 32.4 Å². The van der Waals surface area contributed by atoms with Gasteiger partial charge in [-0.3, -0.25) is 9.69 Å². The largest absolute Gasteiger partial charge is 0.465 e. The average molecular weight is 227 g/mol. The van der Waals surface area contributed by atoms with Gasteiger partial charge < -0.3 is 4.74 Å². The van der Waals surface area contributed by atoms with Crippen molar-refractivity contribution < 1.29 is 9.53 Å². The Morgan fingerprint density at radius 3 is 2.81 bits per heavy atom. The van der Waals surface area contributed by atoms with Gasteiger partial charge in [0, 0.05) is 0 Å². The number of nitrogens with zero attached hydrogens (tertiary/aromatic N) is 1. The number of ether oxygens (including phenoxy) is 1. The molecule has 1 atom stereocenters. The molecule has 1 saturated heterocycles. The number of rotatable bonds is 5. The zero-order valence-electron chi connectivity index (χ0n) is 10.9. The van der Waals surface area contributed by atoms with Crippen LogP contribution in [0, 0.1) is 5.92 Å². The maximum absolute atomic E-state index is 11.8. The molecule has 3 nitrogen and oxygen atoms in total. The molecule has 94 valence electrons. The lowest BCUT2D eigenvalue weighted by Gasteiger charge is -2.34. The highest BCUT2D eigenvalue weighted by molar-refractivity contribution is 5.75. The van der Waals surface area contributed by atoms with Gasteiger partial charge in [0.05, 0.1) is 6.61 Å². The third kappa shape index (κ3) is 4.12. The minimum Gasteiger partial charge on any atom is -0.465 e. The first-order valence-electron chi connectivity index (χ1n) is 6.55. The van der Waals surface area contributed by atoms with E-state index < -0.39 is 0 Å². The molecular formula is C13H25NO2. The first kappa shape index (κ1) is 13.5. The number of hydrogen-bond donors (Lipinski definition) is 0. The van der Waals surface area contributed by atoms with Crippen LogP contribution in [0.3, 0.4) is 0 Å². The Hall–Kier alpha value is -0.570. The van der Waals surface area contributed by atoms with Crippen LogP contribution in [0.15, 0.2) is 0 Å². The van der Waals surface area contributed by atoms with E-state index in [1.54, 1.807) is 0 Å². The van der Waals surface area contributed by atoms with E-state index in [1.165, 1.54) is 6.42 Å². The van der Waals surface area contributed by atoms with Gasteiger partial charge in [-0.2, -0.15) is 0 Å². The summed E-state index contributed by atoms with van der Waals surface area (Å²) in [5, 5.41) is 0. The van der Waals surface area contributed by atoms with Gasteiger partial charge in [-0.1, -0.05) is 20.3 Å². The highest BCUT2D eigenvalue weighted by Crippen LogP contribution is 2.19. The van der Waals surface area contributed by atoms with Crippen LogP contribution in [-0.4, -0.2) is 36.6 Å². The molecule has 1 heterocycles. The van der Waals surface area contributed by atoms with E-state index in [9.17, 15) is 4.79 Å². The molecule has 1 fully saturated rings. The molecule has 0 spiro atoms. The molecule has 0 N–H and O–H groups in total. The van der Waals surface area contributed by atoms with Crippen molar-refractivity contribution in [2.45, 2.75) is 52.5 Å². The van der Waals surface area contributed by atoms with Crippen molar-refractivity contribution in [1.29, 1.82) is 0 Å².